The predicted octanol–water partition coefficient (Wildman–Crippen LogP) is 5.76. The van der Waals surface area contributed by atoms with Crippen LogP contribution in [0.15, 0.2) is 87.5 Å². The van der Waals surface area contributed by atoms with E-state index in [4.69, 9.17) is 13.0 Å². The van der Waals surface area contributed by atoms with Crippen LogP contribution in [-0.4, -0.2) is 18.5 Å². The lowest BCUT2D eigenvalue weighted by molar-refractivity contribution is -0.0517. The van der Waals surface area contributed by atoms with Gasteiger partial charge in [0.25, 0.3) is 0 Å². The van der Waals surface area contributed by atoms with Crippen molar-refractivity contribution >= 4 is 21.0 Å². The molecule has 0 radical (unpaired) electrons. The summed E-state index contributed by atoms with van der Waals surface area (Å²) in [5.74, 6) is 0. The zero-order valence-electron chi connectivity index (χ0n) is 16.6. The monoisotopic (exact) mass is 454 g/mol. The van der Waals surface area contributed by atoms with Gasteiger partial charge < -0.3 is 4.55 Å². The van der Waals surface area contributed by atoms with Crippen molar-refractivity contribution in [3.63, 3.8) is 0 Å². The Morgan fingerprint density at radius 3 is 1.40 bits per heavy atom. The number of halogens is 3. The number of aryl methyl sites for hydroxylation is 3. The zero-order chi connectivity index (χ0) is 22.5. The summed E-state index contributed by atoms with van der Waals surface area (Å²) in [6, 6.07) is 26.3. The summed E-state index contributed by atoms with van der Waals surface area (Å²) in [4.78, 5) is 4.22. The van der Waals surface area contributed by atoms with E-state index in [-0.39, 0.29) is 10.9 Å². The molecule has 0 spiro atoms. The highest BCUT2D eigenvalue weighted by Gasteiger charge is 2.37. The molecule has 0 saturated carbocycles. The maximum atomic E-state index is 10.7. The lowest BCUT2D eigenvalue weighted by Gasteiger charge is -2.13. The molecule has 0 bridgehead atoms. The first-order chi connectivity index (χ1) is 13.9. The van der Waals surface area contributed by atoms with Crippen LogP contribution < -0.4 is 0 Å². The van der Waals surface area contributed by atoms with E-state index in [9.17, 15) is 13.2 Å². The minimum atomic E-state index is -6.09. The maximum absolute atomic E-state index is 10.7. The molecular formula is C22H21F3O3S2. The van der Waals surface area contributed by atoms with Gasteiger partial charge in [-0.3, -0.25) is 0 Å². The Labute approximate surface area is 177 Å². The summed E-state index contributed by atoms with van der Waals surface area (Å²) in [7, 11) is -6.14. The van der Waals surface area contributed by atoms with E-state index in [2.05, 4.69) is 93.6 Å². The van der Waals surface area contributed by atoms with Gasteiger partial charge in [0.05, 0.1) is 10.9 Å². The summed E-state index contributed by atoms with van der Waals surface area (Å²) in [5.41, 5.74) is -1.54. The molecule has 0 saturated heterocycles. The van der Waals surface area contributed by atoms with Crippen molar-refractivity contribution in [2.75, 3.05) is 0 Å². The molecule has 3 aromatic rings. The molecule has 0 amide bonds. The average molecular weight is 455 g/mol. The second-order valence-electron chi connectivity index (χ2n) is 6.56. The standard InChI is InChI=1S/C21H21S.CHF3O3S/c1-16-14-17(2)21(18(3)15-16)22(19-10-6-4-7-11-19)20-12-8-5-9-13-20;2-1(3,4)8(5,6)7/h4-15H,1-3H3;(H,5,6,7)/q+1;/p-1. The summed E-state index contributed by atoms with van der Waals surface area (Å²) in [5, 5.41) is 0. The molecule has 0 aliphatic heterocycles. The fraction of sp³-hybridized carbons (Fsp3) is 0.182. The zero-order valence-corrected chi connectivity index (χ0v) is 18.2. The Kier molecular flexibility index (Phi) is 7.74. The van der Waals surface area contributed by atoms with E-state index in [1.54, 1.807) is 0 Å². The summed E-state index contributed by atoms with van der Waals surface area (Å²) in [6.45, 7) is 6.65. The molecule has 160 valence electrons. The Bertz CT molecular complexity index is 1020. The molecule has 30 heavy (non-hydrogen) atoms. The van der Waals surface area contributed by atoms with Gasteiger partial charge in [0.2, 0.25) is 0 Å². The van der Waals surface area contributed by atoms with Gasteiger partial charge >= 0.3 is 5.51 Å². The van der Waals surface area contributed by atoms with Gasteiger partial charge in [-0.15, -0.1) is 0 Å². The number of benzene rings is 3. The predicted molar refractivity (Wildman–Crippen MR) is 111 cm³/mol. The van der Waals surface area contributed by atoms with Crippen LogP contribution in [0.4, 0.5) is 13.2 Å². The van der Waals surface area contributed by atoms with Gasteiger partial charge in [-0.1, -0.05) is 54.1 Å². The third kappa shape index (κ3) is 6.10. The van der Waals surface area contributed by atoms with Crippen LogP contribution in [-0.2, 0) is 21.0 Å². The van der Waals surface area contributed by atoms with E-state index in [1.807, 2.05) is 0 Å². The van der Waals surface area contributed by atoms with Gasteiger partial charge in [-0.25, -0.2) is 8.42 Å². The lowest BCUT2D eigenvalue weighted by atomic mass is 10.1. The van der Waals surface area contributed by atoms with Crippen molar-refractivity contribution < 1.29 is 26.1 Å². The first-order valence-corrected chi connectivity index (χ1v) is 11.5. The van der Waals surface area contributed by atoms with Crippen LogP contribution >= 0.6 is 0 Å². The topological polar surface area (TPSA) is 57.2 Å². The Hall–Kier alpha value is -2.29. The Morgan fingerprint density at radius 2 is 1.10 bits per heavy atom. The SMILES string of the molecule is Cc1cc(C)c([S+](c2ccccc2)c2ccccc2)c(C)c1.O=S(=O)([O-])C(F)(F)F. The molecule has 0 N–H and O–H groups in total. The fourth-order valence-corrected chi connectivity index (χ4v) is 5.34. The first-order valence-electron chi connectivity index (χ1n) is 8.86. The van der Waals surface area contributed by atoms with Crippen molar-refractivity contribution in [2.45, 2.75) is 41.0 Å². The van der Waals surface area contributed by atoms with Gasteiger partial charge in [0.1, 0.15) is 0 Å². The van der Waals surface area contributed by atoms with Crippen molar-refractivity contribution in [2.24, 2.45) is 0 Å². The van der Waals surface area contributed by atoms with Crippen molar-refractivity contribution in [3.8, 4) is 0 Å². The summed E-state index contributed by atoms with van der Waals surface area (Å²) >= 11 is 0. The van der Waals surface area contributed by atoms with Crippen molar-refractivity contribution in [1.82, 2.24) is 0 Å². The van der Waals surface area contributed by atoms with Gasteiger partial charge in [-0.05, 0) is 45.0 Å². The second kappa shape index (κ2) is 9.68. The van der Waals surface area contributed by atoms with E-state index in [0.717, 1.165) is 0 Å². The van der Waals surface area contributed by atoms with E-state index < -0.39 is 15.6 Å². The number of hydrogen-bond acceptors (Lipinski definition) is 3. The molecule has 3 rings (SSSR count). The quantitative estimate of drug-likeness (QED) is 0.287. The number of rotatable bonds is 3. The minimum Gasteiger partial charge on any atom is -0.741 e. The minimum absolute atomic E-state index is 0.0460. The molecular weight excluding hydrogens is 433 g/mol. The largest absolute Gasteiger partial charge is 0.741 e. The average Bonchev–Trinajstić information content (AvgIpc) is 2.65. The third-order valence-corrected chi connectivity index (χ3v) is 7.16. The first kappa shape index (κ1) is 24.0. The molecule has 0 aliphatic rings. The number of alkyl halides is 3. The molecule has 8 heteroatoms. The van der Waals surface area contributed by atoms with E-state index >= 15 is 0 Å². The smallest absolute Gasteiger partial charge is 0.485 e. The molecule has 0 atom stereocenters. The Balaban J connectivity index is 0.000000343. The van der Waals surface area contributed by atoms with Crippen molar-refractivity contribution in [1.29, 1.82) is 0 Å². The lowest BCUT2D eigenvalue weighted by Crippen LogP contribution is -2.21. The summed E-state index contributed by atoms with van der Waals surface area (Å²) < 4.78 is 58.9. The van der Waals surface area contributed by atoms with Gasteiger partial charge in [-0.2, -0.15) is 13.2 Å². The van der Waals surface area contributed by atoms with Crippen LogP contribution in [0, 0.1) is 20.8 Å². The maximum Gasteiger partial charge on any atom is 0.485 e. The second-order valence-corrected chi connectivity index (χ2v) is 9.89. The van der Waals surface area contributed by atoms with Crippen LogP contribution in [0.25, 0.3) is 0 Å². The van der Waals surface area contributed by atoms with Gasteiger partial charge in [0.15, 0.2) is 24.8 Å². The van der Waals surface area contributed by atoms with E-state index in [1.165, 1.54) is 31.4 Å². The molecule has 0 unspecified atom stereocenters. The summed E-state index contributed by atoms with van der Waals surface area (Å²) in [6.07, 6.45) is 0. The van der Waals surface area contributed by atoms with Crippen LogP contribution in [0.3, 0.4) is 0 Å². The molecule has 0 aromatic heterocycles. The molecule has 0 heterocycles. The molecule has 0 aliphatic carbocycles. The number of hydrogen-bond donors (Lipinski definition) is 0. The molecule has 0 fully saturated rings. The normalized spacial score (nSPS) is 11.7. The van der Waals surface area contributed by atoms with E-state index in [0.29, 0.717) is 0 Å². The van der Waals surface area contributed by atoms with Crippen LogP contribution in [0.5, 0.6) is 0 Å². The highest BCUT2D eigenvalue weighted by atomic mass is 32.2. The molecule has 3 nitrogen and oxygen atoms in total. The van der Waals surface area contributed by atoms with Crippen molar-refractivity contribution in [3.05, 3.63) is 89.5 Å². The van der Waals surface area contributed by atoms with Gasteiger partial charge in [0, 0.05) is 11.1 Å². The Morgan fingerprint density at radius 1 is 0.767 bits per heavy atom. The fourth-order valence-electron chi connectivity index (χ4n) is 2.97. The molecule has 3 aromatic carbocycles. The van der Waals surface area contributed by atoms with Crippen LogP contribution in [0.2, 0.25) is 0 Å². The third-order valence-electron chi connectivity index (χ3n) is 4.05. The van der Waals surface area contributed by atoms with Crippen LogP contribution in [0.1, 0.15) is 16.7 Å². The highest BCUT2D eigenvalue weighted by molar-refractivity contribution is 7.97. The highest BCUT2D eigenvalue weighted by Crippen LogP contribution is 2.35.